The lowest BCUT2D eigenvalue weighted by atomic mass is 10.1. The topological polar surface area (TPSA) is 77.5 Å². The van der Waals surface area contributed by atoms with Crippen molar-refractivity contribution in [1.29, 1.82) is 10.5 Å². The van der Waals surface area contributed by atoms with E-state index in [1.807, 2.05) is 18.2 Å². The highest BCUT2D eigenvalue weighted by Gasteiger charge is 2.07. The van der Waals surface area contributed by atoms with E-state index in [4.69, 9.17) is 10.5 Å². The molecule has 0 saturated carbocycles. The predicted molar refractivity (Wildman–Crippen MR) is 84.4 cm³/mol. The van der Waals surface area contributed by atoms with Crippen molar-refractivity contribution in [2.24, 2.45) is 0 Å². The normalized spacial score (nSPS) is 8.45. The highest BCUT2D eigenvalue weighted by atomic mass is 16.1. The molecule has 0 aliphatic rings. The summed E-state index contributed by atoms with van der Waals surface area (Å²) in [4.78, 5) is 15.2. The van der Waals surface area contributed by atoms with Gasteiger partial charge in [0.1, 0.15) is 12.1 Å². The molecule has 0 unspecified atom stereocenters. The first-order chi connectivity index (χ1) is 10.6. The van der Waals surface area contributed by atoms with Crippen molar-refractivity contribution in [3.63, 3.8) is 0 Å². The molecule has 2 rings (SSSR count). The molecule has 106 valence electrons. The van der Waals surface area contributed by atoms with Gasteiger partial charge in [-0.05, 0) is 12.1 Å². The van der Waals surface area contributed by atoms with Gasteiger partial charge in [-0.3, -0.25) is 9.78 Å². The van der Waals surface area contributed by atoms with E-state index < -0.39 is 0 Å². The van der Waals surface area contributed by atoms with E-state index in [9.17, 15) is 4.79 Å². The van der Waals surface area contributed by atoms with Gasteiger partial charge in [-0.25, -0.2) is 0 Å². The van der Waals surface area contributed by atoms with Gasteiger partial charge < -0.3 is 0 Å². The molecule has 0 aliphatic heterocycles. The third-order valence-electron chi connectivity index (χ3n) is 2.55. The van der Waals surface area contributed by atoms with Crippen molar-refractivity contribution in [3.8, 4) is 12.1 Å². The van der Waals surface area contributed by atoms with Crippen molar-refractivity contribution in [2.75, 3.05) is 0 Å². The molecular weight excluding hydrogens is 274 g/mol. The lowest BCUT2D eigenvalue weighted by molar-refractivity contribution is 0.103. The first-order valence-electron chi connectivity index (χ1n) is 6.29. The van der Waals surface area contributed by atoms with Gasteiger partial charge in [-0.2, -0.15) is 10.5 Å². The Morgan fingerprint density at radius 3 is 2.09 bits per heavy atom. The van der Waals surface area contributed by atoms with E-state index in [2.05, 4.69) is 18.1 Å². The number of nitriles is 2. The van der Waals surface area contributed by atoms with Gasteiger partial charge in [0.2, 0.25) is 5.78 Å². The summed E-state index contributed by atoms with van der Waals surface area (Å²) in [5.41, 5.74) is 1.52. The Morgan fingerprint density at radius 2 is 1.59 bits per heavy atom. The minimum atomic E-state index is -0.307. The molecule has 0 amide bonds. The molecule has 0 saturated heterocycles. The maximum Gasteiger partial charge on any atom is 0.202 e. The number of hydrogen-bond acceptors (Lipinski definition) is 4. The SMILES string of the molecule is C=C(C#N)C(=O)c1ccccc1.C=C(C#N)c1ccccn1. The fraction of sp³-hybridized carbons (Fsp3) is 0. The fourth-order valence-corrected chi connectivity index (χ4v) is 1.41. The van der Waals surface area contributed by atoms with Crippen molar-refractivity contribution in [1.82, 2.24) is 4.98 Å². The van der Waals surface area contributed by atoms with Crippen molar-refractivity contribution in [2.45, 2.75) is 0 Å². The molecule has 0 bridgehead atoms. The van der Waals surface area contributed by atoms with E-state index in [-0.39, 0.29) is 11.4 Å². The zero-order chi connectivity index (χ0) is 16.4. The Balaban J connectivity index is 0.000000224. The third-order valence-corrected chi connectivity index (χ3v) is 2.55. The van der Waals surface area contributed by atoms with Crippen LogP contribution in [0, 0.1) is 22.7 Å². The van der Waals surface area contributed by atoms with Crippen LogP contribution in [0.5, 0.6) is 0 Å². The predicted octanol–water partition coefficient (Wildman–Crippen LogP) is 3.57. The summed E-state index contributed by atoms with van der Waals surface area (Å²) >= 11 is 0. The van der Waals surface area contributed by atoms with E-state index in [0.29, 0.717) is 16.8 Å². The summed E-state index contributed by atoms with van der Waals surface area (Å²) in [5.74, 6) is -0.307. The van der Waals surface area contributed by atoms with Crippen LogP contribution in [0.1, 0.15) is 16.1 Å². The van der Waals surface area contributed by atoms with Gasteiger partial charge in [-0.15, -0.1) is 0 Å². The van der Waals surface area contributed by atoms with Crippen LogP contribution >= 0.6 is 0 Å². The van der Waals surface area contributed by atoms with Crippen LogP contribution in [-0.2, 0) is 0 Å². The standard InChI is InChI=1S/C10H7NO.C8H6N2/c1-8(7-11)10(12)9-5-3-2-4-6-9;1-7(6-9)8-4-2-3-5-10-8/h2-6H,1H2;2-5H,1H2. The van der Waals surface area contributed by atoms with Crippen molar-refractivity contribution in [3.05, 3.63) is 84.7 Å². The Kier molecular flexibility index (Phi) is 6.49. The Hall–Kier alpha value is -3.50. The van der Waals surface area contributed by atoms with Crippen LogP contribution in [0.3, 0.4) is 0 Å². The van der Waals surface area contributed by atoms with Crippen LogP contribution in [0.25, 0.3) is 5.57 Å². The first-order valence-corrected chi connectivity index (χ1v) is 6.29. The van der Waals surface area contributed by atoms with E-state index in [1.54, 1.807) is 48.7 Å². The summed E-state index contributed by atoms with van der Waals surface area (Å²) in [6, 6.07) is 17.6. The highest BCUT2D eigenvalue weighted by Crippen LogP contribution is 2.05. The largest absolute Gasteiger partial charge is 0.288 e. The van der Waals surface area contributed by atoms with E-state index >= 15 is 0 Å². The number of aromatic nitrogens is 1. The average Bonchev–Trinajstić information content (AvgIpc) is 2.61. The molecule has 22 heavy (non-hydrogen) atoms. The van der Waals surface area contributed by atoms with Gasteiger partial charge in [-0.1, -0.05) is 49.6 Å². The lowest BCUT2D eigenvalue weighted by Gasteiger charge is -1.94. The summed E-state index contributed by atoms with van der Waals surface area (Å²) in [6.45, 7) is 6.86. The van der Waals surface area contributed by atoms with Gasteiger partial charge >= 0.3 is 0 Å². The fourth-order valence-electron chi connectivity index (χ4n) is 1.41. The summed E-state index contributed by atoms with van der Waals surface area (Å²) in [7, 11) is 0. The molecule has 0 aliphatic carbocycles. The molecule has 4 heteroatoms. The number of rotatable bonds is 3. The number of nitrogens with zero attached hydrogens (tertiary/aromatic N) is 3. The number of hydrogen-bond donors (Lipinski definition) is 0. The van der Waals surface area contributed by atoms with Crippen LogP contribution in [0.15, 0.2) is 73.5 Å². The highest BCUT2D eigenvalue weighted by molar-refractivity contribution is 6.10. The van der Waals surface area contributed by atoms with Crippen molar-refractivity contribution >= 4 is 11.4 Å². The summed E-state index contributed by atoms with van der Waals surface area (Å²) in [6.07, 6.45) is 1.64. The number of Topliss-reactive ketones (excluding diaryl/α,β-unsaturated/α-hetero) is 1. The van der Waals surface area contributed by atoms with Crippen LogP contribution in [0.2, 0.25) is 0 Å². The van der Waals surface area contributed by atoms with Gasteiger partial charge in [0, 0.05) is 11.8 Å². The smallest absolute Gasteiger partial charge is 0.202 e. The molecule has 0 spiro atoms. The molecule has 0 fully saturated rings. The number of allylic oxidation sites excluding steroid dienone is 2. The van der Waals surface area contributed by atoms with E-state index in [1.165, 1.54) is 0 Å². The zero-order valence-electron chi connectivity index (χ0n) is 11.9. The Bertz CT molecular complexity index is 750. The van der Waals surface area contributed by atoms with Crippen LogP contribution in [0.4, 0.5) is 0 Å². The third kappa shape index (κ3) is 4.88. The maximum atomic E-state index is 11.3. The molecule has 0 N–H and O–H groups in total. The zero-order valence-corrected chi connectivity index (χ0v) is 11.9. The van der Waals surface area contributed by atoms with Crippen LogP contribution < -0.4 is 0 Å². The second kappa shape index (κ2) is 8.63. The minimum absolute atomic E-state index is 0.0267. The summed E-state index contributed by atoms with van der Waals surface area (Å²) in [5, 5.41) is 16.8. The number of benzene rings is 1. The molecule has 1 aromatic carbocycles. The number of carbonyl (C=O) groups is 1. The van der Waals surface area contributed by atoms with Crippen LogP contribution in [-0.4, -0.2) is 10.8 Å². The molecule has 0 radical (unpaired) electrons. The number of pyridine rings is 1. The number of carbonyl (C=O) groups excluding carboxylic acids is 1. The lowest BCUT2D eigenvalue weighted by Crippen LogP contribution is -1.99. The molecule has 4 nitrogen and oxygen atoms in total. The van der Waals surface area contributed by atoms with Crippen molar-refractivity contribution < 1.29 is 4.79 Å². The summed E-state index contributed by atoms with van der Waals surface area (Å²) < 4.78 is 0. The molecule has 0 atom stereocenters. The second-order valence-corrected chi connectivity index (χ2v) is 4.09. The first kappa shape index (κ1) is 16.6. The van der Waals surface area contributed by atoms with Gasteiger partial charge in [0.15, 0.2) is 0 Å². The monoisotopic (exact) mass is 287 g/mol. The molecular formula is C18H13N3O. The molecule has 1 aromatic heterocycles. The molecule has 2 aromatic rings. The number of ketones is 1. The van der Waals surface area contributed by atoms with E-state index in [0.717, 1.165) is 0 Å². The minimum Gasteiger partial charge on any atom is -0.288 e. The molecule has 1 heterocycles. The quantitative estimate of drug-likeness (QED) is 0.491. The van der Waals surface area contributed by atoms with Gasteiger partial charge in [0.25, 0.3) is 0 Å². The Labute approximate surface area is 129 Å². The maximum absolute atomic E-state index is 11.3. The Morgan fingerprint density at radius 1 is 0.955 bits per heavy atom. The second-order valence-electron chi connectivity index (χ2n) is 4.09. The average molecular weight is 287 g/mol. The van der Waals surface area contributed by atoms with Gasteiger partial charge in [0.05, 0.1) is 16.8 Å².